The van der Waals surface area contributed by atoms with Crippen LogP contribution in [0.5, 0.6) is 0 Å². The molecule has 19 heavy (non-hydrogen) atoms. The summed E-state index contributed by atoms with van der Waals surface area (Å²) in [6.45, 7) is 0. The molecule has 0 atom stereocenters. The molecule has 1 N–H and O–H groups in total. The highest BCUT2D eigenvalue weighted by atomic mass is 16.2. The lowest BCUT2D eigenvalue weighted by molar-refractivity contribution is 0.0954. The first-order chi connectivity index (χ1) is 9.36. The van der Waals surface area contributed by atoms with E-state index in [0.29, 0.717) is 5.56 Å². The van der Waals surface area contributed by atoms with E-state index in [-0.39, 0.29) is 5.91 Å². The minimum Gasteiger partial charge on any atom is -0.267 e. The second-order valence-corrected chi connectivity index (χ2v) is 4.02. The Kier molecular flexibility index (Phi) is 4.81. The van der Waals surface area contributed by atoms with Crippen molar-refractivity contribution >= 4 is 12.1 Å². The number of carbonyl (C=O) groups excluding carboxylic acids is 1. The smallest absolute Gasteiger partial charge is 0.267 e. The number of hydrazone groups is 1. The van der Waals surface area contributed by atoms with Crippen LogP contribution in [0.2, 0.25) is 0 Å². The third-order valence-corrected chi connectivity index (χ3v) is 2.59. The van der Waals surface area contributed by atoms with E-state index >= 15 is 0 Å². The first kappa shape index (κ1) is 13.0. The molecule has 1 aromatic heterocycles. The van der Waals surface area contributed by atoms with Crippen molar-refractivity contribution in [2.24, 2.45) is 5.10 Å². The third kappa shape index (κ3) is 4.35. The van der Waals surface area contributed by atoms with E-state index in [1.165, 1.54) is 11.8 Å². The van der Waals surface area contributed by atoms with E-state index in [1.54, 1.807) is 24.5 Å². The molecule has 1 aromatic carbocycles. The van der Waals surface area contributed by atoms with Gasteiger partial charge in [0, 0.05) is 18.6 Å². The molecular weight excluding hydrogens is 238 g/mol. The zero-order valence-corrected chi connectivity index (χ0v) is 10.5. The average molecular weight is 253 g/mol. The molecule has 2 rings (SSSR count). The van der Waals surface area contributed by atoms with Crippen LogP contribution in [0, 0.1) is 0 Å². The fourth-order valence-corrected chi connectivity index (χ4v) is 1.61. The first-order valence-electron chi connectivity index (χ1n) is 6.12. The zero-order chi connectivity index (χ0) is 13.3. The van der Waals surface area contributed by atoms with Crippen LogP contribution in [0.4, 0.5) is 0 Å². The van der Waals surface area contributed by atoms with Crippen molar-refractivity contribution in [2.75, 3.05) is 0 Å². The maximum absolute atomic E-state index is 11.6. The van der Waals surface area contributed by atoms with Crippen LogP contribution >= 0.6 is 0 Å². The predicted molar refractivity (Wildman–Crippen MR) is 75.0 cm³/mol. The number of aromatic nitrogens is 1. The second-order valence-electron chi connectivity index (χ2n) is 4.02. The van der Waals surface area contributed by atoms with Gasteiger partial charge in [0.2, 0.25) is 0 Å². The van der Waals surface area contributed by atoms with Crippen molar-refractivity contribution in [2.45, 2.75) is 12.8 Å². The van der Waals surface area contributed by atoms with E-state index in [9.17, 15) is 4.79 Å². The number of pyridine rings is 1. The molecule has 0 aliphatic heterocycles. The van der Waals surface area contributed by atoms with E-state index in [1.807, 2.05) is 18.2 Å². The molecule has 1 heterocycles. The highest BCUT2D eigenvalue weighted by molar-refractivity contribution is 5.93. The predicted octanol–water partition coefficient (Wildman–Crippen LogP) is 2.43. The summed E-state index contributed by atoms with van der Waals surface area (Å²) in [6, 6.07) is 13.6. The van der Waals surface area contributed by atoms with Crippen LogP contribution in [-0.4, -0.2) is 17.1 Å². The number of hydrogen-bond donors (Lipinski definition) is 1. The normalized spacial score (nSPS) is 10.5. The number of nitrogens with one attached hydrogen (secondary N) is 1. The fraction of sp³-hybridized carbons (Fsp3) is 0.133. The molecule has 4 heteroatoms. The van der Waals surface area contributed by atoms with Crippen LogP contribution in [0.3, 0.4) is 0 Å². The lowest BCUT2D eigenvalue weighted by Gasteiger charge is -1.99. The second kappa shape index (κ2) is 7.06. The molecule has 1 amide bonds. The Morgan fingerprint density at radius 1 is 1.21 bits per heavy atom. The summed E-state index contributed by atoms with van der Waals surface area (Å²) in [5.41, 5.74) is 4.24. The highest BCUT2D eigenvalue weighted by Gasteiger charge is 2.01. The summed E-state index contributed by atoms with van der Waals surface area (Å²) in [4.78, 5) is 15.5. The van der Waals surface area contributed by atoms with Gasteiger partial charge in [-0.25, -0.2) is 5.43 Å². The zero-order valence-electron chi connectivity index (χ0n) is 10.5. The lowest BCUT2D eigenvalue weighted by atomic mass is 10.1. The van der Waals surface area contributed by atoms with Crippen molar-refractivity contribution in [1.29, 1.82) is 0 Å². The number of nitrogens with zero attached hydrogens (tertiary/aromatic N) is 2. The average Bonchev–Trinajstić information content (AvgIpc) is 2.49. The van der Waals surface area contributed by atoms with Crippen molar-refractivity contribution in [1.82, 2.24) is 10.4 Å². The van der Waals surface area contributed by atoms with E-state index in [2.05, 4.69) is 27.6 Å². The van der Waals surface area contributed by atoms with E-state index in [0.717, 1.165) is 12.8 Å². The summed E-state index contributed by atoms with van der Waals surface area (Å²) in [5.74, 6) is -0.246. The molecule has 0 radical (unpaired) electrons. The number of benzene rings is 1. The summed E-state index contributed by atoms with van der Waals surface area (Å²) in [5, 5.41) is 3.91. The molecule has 4 nitrogen and oxygen atoms in total. The summed E-state index contributed by atoms with van der Waals surface area (Å²) in [6.07, 6.45) is 6.54. The minimum atomic E-state index is -0.246. The summed E-state index contributed by atoms with van der Waals surface area (Å²) in [7, 11) is 0. The molecule has 0 aliphatic rings. The molecule has 2 aromatic rings. The number of aryl methyl sites for hydroxylation is 1. The van der Waals surface area contributed by atoms with Gasteiger partial charge in [-0.15, -0.1) is 0 Å². The van der Waals surface area contributed by atoms with Gasteiger partial charge in [0.05, 0.1) is 5.56 Å². The highest BCUT2D eigenvalue weighted by Crippen LogP contribution is 2.00. The SMILES string of the molecule is O=C(N/N=C/CCc1ccccc1)c1cccnc1. The van der Waals surface area contributed by atoms with E-state index < -0.39 is 0 Å². The van der Waals surface area contributed by atoms with Crippen LogP contribution in [0.1, 0.15) is 22.3 Å². The van der Waals surface area contributed by atoms with Gasteiger partial charge in [-0.1, -0.05) is 30.3 Å². The van der Waals surface area contributed by atoms with Crippen LogP contribution in [0.15, 0.2) is 60.0 Å². The van der Waals surface area contributed by atoms with Gasteiger partial charge in [-0.3, -0.25) is 9.78 Å². The van der Waals surface area contributed by atoms with Crippen molar-refractivity contribution < 1.29 is 4.79 Å². The molecule has 0 saturated heterocycles. The van der Waals surface area contributed by atoms with Crippen molar-refractivity contribution in [3.05, 3.63) is 66.0 Å². The third-order valence-electron chi connectivity index (χ3n) is 2.59. The molecule has 0 unspecified atom stereocenters. The molecule has 0 saturated carbocycles. The van der Waals surface area contributed by atoms with Gasteiger partial charge < -0.3 is 0 Å². The van der Waals surface area contributed by atoms with Crippen LogP contribution < -0.4 is 5.43 Å². The van der Waals surface area contributed by atoms with Gasteiger partial charge in [-0.05, 0) is 30.5 Å². The first-order valence-corrected chi connectivity index (χ1v) is 6.12. The lowest BCUT2D eigenvalue weighted by Crippen LogP contribution is -2.17. The number of amides is 1. The topological polar surface area (TPSA) is 54.4 Å². The summed E-state index contributed by atoms with van der Waals surface area (Å²) >= 11 is 0. The number of rotatable bonds is 5. The van der Waals surface area contributed by atoms with E-state index in [4.69, 9.17) is 0 Å². The fourth-order valence-electron chi connectivity index (χ4n) is 1.61. The Balaban J connectivity index is 1.74. The van der Waals surface area contributed by atoms with Crippen LogP contribution in [0.25, 0.3) is 0 Å². The Labute approximate surface area is 112 Å². The Morgan fingerprint density at radius 3 is 2.79 bits per heavy atom. The Morgan fingerprint density at radius 2 is 2.05 bits per heavy atom. The van der Waals surface area contributed by atoms with Gasteiger partial charge in [-0.2, -0.15) is 5.10 Å². The molecule has 0 bridgehead atoms. The Hall–Kier alpha value is -2.49. The van der Waals surface area contributed by atoms with Gasteiger partial charge in [0.25, 0.3) is 5.91 Å². The maximum Gasteiger partial charge on any atom is 0.272 e. The number of carbonyl (C=O) groups is 1. The molecule has 0 spiro atoms. The maximum atomic E-state index is 11.6. The van der Waals surface area contributed by atoms with Crippen LogP contribution in [-0.2, 0) is 6.42 Å². The van der Waals surface area contributed by atoms with Gasteiger partial charge in [0.1, 0.15) is 0 Å². The number of hydrogen-bond acceptors (Lipinski definition) is 3. The summed E-state index contributed by atoms with van der Waals surface area (Å²) < 4.78 is 0. The van der Waals surface area contributed by atoms with Crippen molar-refractivity contribution in [3.63, 3.8) is 0 Å². The molecular formula is C15H15N3O. The van der Waals surface area contributed by atoms with Gasteiger partial charge >= 0.3 is 0 Å². The minimum absolute atomic E-state index is 0.246. The molecule has 96 valence electrons. The monoisotopic (exact) mass is 253 g/mol. The largest absolute Gasteiger partial charge is 0.272 e. The Bertz CT molecular complexity index is 538. The molecule has 0 aliphatic carbocycles. The van der Waals surface area contributed by atoms with Gasteiger partial charge in [0.15, 0.2) is 0 Å². The van der Waals surface area contributed by atoms with Crippen molar-refractivity contribution in [3.8, 4) is 0 Å². The standard InChI is InChI=1S/C15H15N3O/c19-15(14-9-5-10-16-12-14)18-17-11-4-8-13-6-2-1-3-7-13/h1-3,5-7,9-12H,4,8H2,(H,18,19)/b17-11+. The quantitative estimate of drug-likeness (QED) is 0.657. The molecule has 0 fully saturated rings.